The van der Waals surface area contributed by atoms with Gasteiger partial charge in [-0.05, 0) is 32.2 Å². The highest BCUT2D eigenvalue weighted by Gasteiger charge is 2.26. The standard InChI is InChI=1S/C14H24BN2O2S/c1-5-6-17(15-9-18)12(10(2)3)7-13(19)14-16-11(4)8-20-14/h8-10,12-13,19H,5-7H2,1-4H3/t12?,13-/m1/s1. The molecule has 2 atom stereocenters. The van der Waals surface area contributed by atoms with E-state index < -0.39 is 6.10 Å². The number of aliphatic hydroxyl groups is 1. The molecule has 1 rings (SSSR count). The van der Waals surface area contributed by atoms with Crippen molar-refractivity contribution in [2.75, 3.05) is 6.54 Å². The Kier molecular flexibility index (Phi) is 7.41. The maximum Gasteiger partial charge on any atom is 0.293 e. The predicted molar refractivity (Wildman–Crippen MR) is 84.6 cm³/mol. The summed E-state index contributed by atoms with van der Waals surface area (Å²) in [6.07, 6.45) is 1.82. The van der Waals surface area contributed by atoms with Crippen LogP contribution in [-0.4, -0.2) is 41.1 Å². The number of aromatic nitrogens is 1. The molecule has 0 fully saturated rings. The third-order valence-corrected chi connectivity index (χ3v) is 4.38. The lowest BCUT2D eigenvalue weighted by Gasteiger charge is -2.34. The van der Waals surface area contributed by atoms with E-state index in [-0.39, 0.29) is 6.04 Å². The van der Waals surface area contributed by atoms with Crippen LogP contribution in [0.25, 0.3) is 0 Å². The lowest BCUT2D eigenvalue weighted by Crippen LogP contribution is -2.43. The van der Waals surface area contributed by atoms with Gasteiger partial charge in [0.05, 0.1) is 6.19 Å². The van der Waals surface area contributed by atoms with Crippen LogP contribution in [0.5, 0.6) is 0 Å². The van der Waals surface area contributed by atoms with Crippen LogP contribution in [0.4, 0.5) is 0 Å². The second-order valence-corrected chi connectivity index (χ2v) is 6.30. The van der Waals surface area contributed by atoms with Crippen LogP contribution < -0.4 is 0 Å². The Labute approximate surface area is 126 Å². The highest BCUT2D eigenvalue weighted by Crippen LogP contribution is 2.26. The largest absolute Gasteiger partial charge is 0.386 e. The minimum Gasteiger partial charge on any atom is -0.386 e. The molecule has 0 aliphatic heterocycles. The van der Waals surface area contributed by atoms with Crippen molar-refractivity contribution in [2.45, 2.75) is 52.7 Å². The first-order valence-electron chi connectivity index (χ1n) is 7.14. The zero-order valence-electron chi connectivity index (χ0n) is 12.7. The Morgan fingerprint density at radius 2 is 2.25 bits per heavy atom. The summed E-state index contributed by atoms with van der Waals surface area (Å²) in [7, 11) is 1.59. The molecule has 1 aromatic rings. The van der Waals surface area contributed by atoms with Gasteiger partial charge in [0.15, 0.2) is 0 Å². The van der Waals surface area contributed by atoms with Gasteiger partial charge in [0.25, 0.3) is 7.41 Å². The van der Waals surface area contributed by atoms with Crippen LogP contribution in [0.3, 0.4) is 0 Å². The minimum atomic E-state index is -0.569. The van der Waals surface area contributed by atoms with Crippen molar-refractivity contribution >= 4 is 24.9 Å². The zero-order chi connectivity index (χ0) is 15.1. The zero-order valence-corrected chi connectivity index (χ0v) is 13.6. The second-order valence-electron chi connectivity index (χ2n) is 5.41. The van der Waals surface area contributed by atoms with Crippen molar-refractivity contribution in [3.05, 3.63) is 16.1 Å². The first kappa shape index (κ1) is 17.3. The molecule has 0 spiro atoms. The lowest BCUT2D eigenvalue weighted by atomic mass is 9.85. The van der Waals surface area contributed by atoms with Crippen LogP contribution >= 0.6 is 11.3 Å². The SMILES string of the molecule is CCCN([B]C=O)C(C[C@@H](O)c1nc(C)cs1)C(C)C. The summed E-state index contributed by atoms with van der Waals surface area (Å²) in [6.45, 7) is 9.07. The fourth-order valence-corrected chi connectivity index (χ4v) is 3.13. The number of carbonyl (C=O) groups excluding carboxylic acids is 1. The van der Waals surface area contributed by atoms with Gasteiger partial charge in [0, 0.05) is 17.1 Å². The van der Waals surface area contributed by atoms with E-state index in [1.807, 2.05) is 17.1 Å². The van der Waals surface area contributed by atoms with Gasteiger partial charge in [-0.2, -0.15) is 0 Å². The topological polar surface area (TPSA) is 53.4 Å². The van der Waals surface area contributed by atoms with E-state index in [4.69, 9.17) is 0 Å². The Bertz CT molecular complexity index is 412. The molecule has 1 radical (unpaired) electrons. The van der Waals surface area contributed by atoms with Gasteiger partial charge in [-0.15, -0.1) is 11.3 Å². The average Bonchev–Trinajstić information content (AvgIpc) is 2.82. The van der Waals surface area contributed by atoms with Crippen LogP contribution in [0, 0.1) is 12.8 Å². The summed E-state index contributed by atoms with van der Waals surface area (Å²) in [4.78, 5) is 17.2. The van der Waals surface area contributed by atoms with E-state index in [1.165, 1.54) is 11.3 Å². The summed E-state index contributed by atoms with van der Waals surface area (Å²) >= 11 is 1.49. The van der Waals surface area contributed by atoms with Gasteiger partial charge in [-0.3, -0.25) is 0 Å². The molecule has 1 N–H and O–H groups in total. The molecule has 0 aliphatic carbocycles. The van der Waals surface area contributed by atoms with Gasteiger partial charge in [0.2, 0.25) is 0 Å². The van der Waals surface area contributed by atoms with Crippen molar-refractivity contribution in [1.29, 1.82) is 0 Å². The number of rotatable bonds is 9. The number of hydrogen-bond donors (Lipinski definition) is 1. The third-order valence-electron chi connectivity index (χ3n) is 3.32. The number of nitrogens with zero attached hydrogens (tertiary/aromatic N) is 2. The van der Waals surface area contributed by atoms with E-state index >= 15 is 0 Å². The van der Waals surface area contributed by atoms with Crippen LogP contribution in [0.1, 0.15) is 50.4 Å². The molecule has 1 unspecified atom stereocenters. The monoisotopic (exact) mass is 295 g/mol. The molecule has 20 heavy (non-hydrogen) atoms. The molecular weight excluding hydrogens is 271 g/mol. The molecule has 0 aromatic carbocycles. The average molecular weight is 295 g/mol. The Balaban J connectivity index is 2.76. The molecule has 0 aliphatic rings. The van der Waals surface area contributed by atoms with Crippen molar-refractivity contribution in [3.63, 3.8) is 0 Å². The van der Waals surface area contributed by atoms with Gasteiger partial charge < -0.3 is 14.7 Å². The fourth-order valence-electron chi connectivity index (χ4n) is 2.33. The van der Waals surface area contributed by atoms with E-state index in [0.717, 1.165) is 29.9 Å². The van der Waals surface area contributed by atoms with Gasteiger partial charge >= 0.3 is 0 Å². The summed E-state index contributed by atoms with van der Waals surface area (Å²) in [5.74, 6) is 0.355. The molecule has 0 bridgehead atoms. The molecule has 1 aromatic heterocycles. The maximum atomic E-state index is 10.8. The Morgan fingerprint density at radius 1 is 1.55 bits per heavy atom. The normalized spacial score (nSPS) is 14.6. The number of thiazole rings is 1. The quantitative estimate of drug-likeness (QED) is 0.561. The smallest absolute Gasteiger partial charge is 0.293 e. The van der Waals surface area contributed by atoms with E-state index in [9.17, 15) is 9.90 Å². The van der Waals surface area contributed by atoms with Crippen LogP contribution in [0.2, 0.25) is 0 Å². The molecule has 4 nitrogen and oxygen atoms in total. The first-order chi connectivity index (χ1) is 9.49. The second kappa shape index (κ2) is 8.54. The molecule has 111 valence electrons. The van der Waals surface area contributed by atoms with Crippen molar-refractivity contribution in [1.82, 2.24) is 9.79 Å². The summed E-state index contributed by atoms with van der Waals surface area (Å²) < 4.78 is 0. The minimum absolute atomic E-state index is 0.138. The number of hydrogen-bond acceptors (Lipinski definition) is 5. The molecule has 6 heteroatoms. The third kappa shape index (κ3) is 5.00. The predicted octanol–water partition coefficient (Wildman–Crippen LogP) is 2.42. The van der Waals surface area contributed by atoms with Crippen molar-refractivity contribution < 1.29 is 9.90 Å². The molecular formula is C14H24BN2O2S. The summed E-state index contributed by atoms with van der Waals surface area (Å²) in [5, 5.41) is 13.1. The fraction of sp³-hybridized carbons (Fsp3) is 0.714. The van der Waals surface area contributed by atoms with E-state index in [2.05, 4.69) is 25.8 Å². The first-order valence-corrected chi connectivity index (χ1v) is 8.02. The van der Waals surface area contributed by atoms with Crippen molar-refractivity contribution in [2.24, 2.45) is 5.92 Å². The van der Waals surface area contributed by atoms with Crippen LogP contribution in [0.15, 0.2) is 5.38 Å². The van der Waals surface area contributed by atoms with Gasteiger partial charge in [-0.25, -0.2) is 4.98 Å². The van der Waals surface area contributed by atoms with E-state index in [1.54, 1.807) is 7.41 Å². The summed E-state index contributed by atoms with van der Waals surface area (Å²) in [6, 6.07) is 0.138. The highest BCUT2D eigenvalue weighted by atomic mass is 32.1. The van der Waals surface area contributed by atoms with Gasteiger partial charge in [-0.1, -0.05) is 20.8 Å². The molecule has 0 saturated carbocycles. The molecule has 0 saturated heterocycles. The Morgan fingerprint density at radius 3 is 2.70 bits per heavy atom. The number of aliphatic hydroxyl groups excluding tert-OH is 1. The highest BCUT2D eigenvalue weighted by molar-refractivity contribution is 7.09. The van der Waals surface area contributed by atoms with Gasteiger partial charge in [0.1, 0.15) is 11.1 Å². The number of aryl methyl sites for hydroxylation is 1. The van der Waals surface area contributed by atoms with Crippen molar-refractivity contribution in [3.8, 4) is 0 Å². The van der Waals surface area contributed by atoms with E-state index in [0.29, 0.717) is 12.3 Å². The Hall–Kier alpha value is -0.715. The maximum absolute atomic E-state index is 10.8. The summed E-state index contributed by atoms with van der Waals surface area (Å²) in [5.41, 5.74) is 0.940. The van der Waals surface area contributed by atoms with Crippen LogP contribution in [-0.2, 0) is 4.79 Å². The lowest BCUT2D eigenvalue weighted by molar-refractivity contribution is 0.115. The number of carbonyl (C=O) groups is 1. The molecule has 0 amide bonds. The molecule has 1 heterocycles.